The lowest BCUT2D eigenvalue weighted by Gasteiger charge is -2.19. The van der Waals surface area contributed by atoms with Crippen molar-refractivity contribution in [1.82, 2.24) is 19.7 Å². The van der Waals surface area contributed by atoms with E-state index in [9.17, 15) is 13.2 Å². The van der Waals surface area contributed by atoms with Crippen LogP contribution in [0.5, 0.6) is 0 Å². The number of aryl methyl sites for hydroxylation is 2. The Hall–Kier alpha value is -3.99. The van der Waals surface area contributed by atoms with Crippen molar-refractivity contribution < 1.29 is 13.2 Å². The SMILES string of the molecule is Cc1nn(Cc2cccnc2N(C)S(C)(=O)=O)c2cc(Nc3ccc4c(c3)CCC(=O)N4)ncc12. The number of nitrogens with one attached hydrogen (secondary N) is 2. The van der Waals surface area contributed by atoms with Crippen molar-refractivity contribution in [2.45, 2.75) is 26.3 Å². The zero-order valence-corrected chi connectivity index (χ0v) is 20.4. The van der Waals surface area contributed by atoms with E-state index in [2.05, 4.69) is 25.7 Å². The molecule has 10 nitrogen and oxygen atoms in total. The number of amides is 1. The van der Waals surface area contributed by atoms with E-state index in [4.69, 9.17) is 0 Å². The van der Waals surface area contributed by atoms with Crippen LogP contribution in [0.25, 0.3) is 10.9 Å². The van der Waals surface area contributed by atoms with Crippen molar-refractivity contribution in [2.24, 2.45) is 0 Å². The van der Waals surface area contributed by atoms with E-state index in [1.807, 2.05) is 41.9 Å². The predicted molar refractivity (Wildman–Crippen MR) is 136 cm³/mol. The van der Waals surface area contributed by atoms with Gasteiger partial charge in [-0.25, -0.2) is 18.4 Å². The second-order valence-electron chi connectivity index (χ2n) is 8.59. The molecule has 0 saturated carbocycles. The number of aromatic nitrogens is 4. The minimum atomic E-state index is -3.46. The molecular weight excluding hydrogens is 466 g/mol. The Kier molecular flexibility index (Phi) is 5.64. The van der Waals surface area contributed by atoms with Gasteiger partial charge < -0.3 is 10.6 Å². The molecule has 1 aliphatic heterocycles. The molecule has 0 saturated heterocycles. The van der Waals surface area contributed by atoms with Crippen LogP contribution >= 0.6 is 0 Å². The number of benzene rings is 1. The highest BCUT2D eigenvalue weighted by atomic mass is 32.2. The normalized spacial score (nSPS) is 13.4. The Morgan fingerprint density at radius 2 is 2.00 bits per heavy atom. The summed E-state index contributed by atoms with van der Waals surface area (Å²) in [5.74, 6) is 1.05. The Labute approximate surface area is 203 Å². The summed E-state index contributed by atoms with van der Waals surface area (Å²) in [6.45, 7) is 2.26. The maximum Gasteiger partial charge on any atom is 0.233 e. The van der Waals surface area contributed by atoms with Crippen LogP contribution in [-0.4, -0.2) is 47.4 Å². The fourth-order valence-corrected chi connectivity index (χ4v) is 4.66. The van der Waals surface area contributed by atoms with E-state index in [1.165, 1.54) is 11.4 Å². The summed E-state index contributed by atoms with van der Waals surface area (Å²) in [5.41, 5.74) is 5.21. The predicted octanol–water partition coefficient (Wildman–Crippen LogP) is 3.21. The third-order valence-electron chi connectivity index (χ3n) is 6.08. The molecule has 0 unspecified atom stereocenters. The van der Waals surface area contributed by atoms with E-state index in [1.54, 1.807) is 18.5 Å². The minimum absolute atomic E-state index is 0.0356. The van der Waals surface area contributed by atoms with Crippen LogP contribution in [0, 0.1) is 6.92 Å². The zero-order valence-electron chi connectivity index (χ0n) is 19.6. The van der Waals surface area contributed by atoms with Gasteiger partial charge in [0.25, 0.3) is 0 Å². The van der Waals surface area contributed by atoms with Gasteiger partial charge in [-0.1, -0.05) is 6.07 Å². The van der Waals surface area contributed by atoms with Crippen LogP contribution in [0.3, 0.4) is 0 Å². The van der Waals surface area contributed by atoms with E-state index < -0.39 is 10.0 Å². The Bertz CT molecular complexity index is 1560. The first-order chi connectivity index (χ1) is 16.7. The van der Waals surface area contributed by atoms with Crippen LogP contribution in [-0.2, 0) is 27.8 Å². The third kappa shape index (κ3) is 4.54. The number of rotatable bonds is 6. The topological polar surface area (TPSA) is 122 Å². The van der Waals surface area contributed by atoms with E-state index >= 15 is 0 Å². The fraction of sp³-hybridized carbons (Fsp3) is 0.250. The minimum Gasteiger partial charge on any atom is -0.340 e. The number of fused-ring (bicyclic) bond motifs is 2. The molecule has 11 heteroatoms. The van der Waals surface area contributed by atoms with Crippen molar-refractivity contribution in [2.75, 3.05) is 28.2 Å². The molecular formula is C24H25N7O3S. The number of carbonyl (C=O) groups is 1. The number of sulfonamides is 1. The Morgan fingerprint density at radius 1 is 1.17 bits per heavy atom. The van der Waals surface area contributed by atoms with Crippen LogP contribution in [0.1, 0.15) is 23.2 Å². The Balaban J connectivity index is 1.47. The van der Waals surface area contributed by atoms with Gasteiger partial charge in [0.1, 0.15) is 11.6 Å². The number of nitrogens with zero attached hydrogens (tertiary/aromatic N) is 5. The van der Waals surface area contributed by atoms with Crippen molar-refractivity contribution in [3.8, 4) is 0 Å². The van der Waals surface area contributed by atoms with E-state index in [-0.39, 0.29) is 5.91 Å². The number of hydrogen-bond donors (Lipinski definition) is 2. The molecule has 0 bridgehead atoms. The summed E-state index contributed by atoms with van der Waals surface area (Å²) in [6.07, 6.45) is 5.68. The summed E-state index contributed by atoms with van der Waals surface area (Å²) in [6, 6.07) is 11.4. The Morgan fingerprint density at radius 3 is 2.80 bits per heavy atom. The number of pyridine rings is 2. The second kappa shape index (κ2) is 8.66. The molecule has 4 heterocycles. The third-order valence-corrected chi connectivity index (χ3v) is 7.25. The lowest BCUT2D eigenvalue weighted by atomic mass is 10.0. The molecule has 4 aromatic rings. The maximum absolute atomic E-state index is 12.1. The van der Waals surface area contributed by atoms with Crippen molar-refractivity contribution in [1.29, 1.82) is 0 Å². The molecule has 0 radical (unpaired) electrons. The van der Waals surface area contributed by atoms with Gasteiger partial charge in [-0.05, 0) is 43.2 Å². The summed E-state index contributed by atoms with van der Waals surface area (Å²) in [7, 11) is -1.97. The van der Waals surface area contributed by atoms with Gasteiger partial charge in [0, 0.05) is 54.3 Å². The molecule has 1 aliphatic rings. The average Bonchev–Trinajstić information content (AvgIpc) is 3.13. The van der Waals surface area contributed by atoms with Crippen LogP contribution in [0.15, 0.2) is 48.8 Å². The molecule has 5 rings (SSSR count). The van der Waals surface area contributed by atoms with Crippen LogP contribution < -0.4 is 14.9 Å². The highest BCUT2D eigenvalue weighted by Gasteiger charge is 2.19. The summed E-state index contributed by atoms with van der Waals surface area (Å²) >= 11 is 0. The molecule has 0 spiro atoms. The number of anilines is 4. The van der Waals surface area contributed by atoms with Gasteiger partial charge in [-0.15, -0.1) is 0 Å². The van der Waals surface area contributed by atoms with Crippen molar-refractivity contribution >= 4 is 49.8 Å². The standard InChI is InChI=1S/C24H25N7O3S/c1-15-19-13-26-22(27-18-7-8-20-16(11-18)6-9-23(32)28-20)12-21(19)31(29-15)14-17-5-4-10-25-24(17)30(2)35(3,33)34/h4-5,7-8,10-13H,6,9,14H2,1-3H3,(H,26,27)(H,28,32). The van der Waals surface area contributed by atoms with Gasteiger partial charge in [-0.3, -0.25) is 13.8 Å². The molecule has 2 N–H and O–H groups in total. The number of carbonyl (C=O) groups excluding carboxylic acids is 1. The van der Waals surface area contributed by atoms with Gasteiger partial charge in [0.2, 0.25) is 15.9 Å². The summed E-state index contributed by atoms with van der Waals surface area (Å²) in [4.78, 5) is 20.5. The zero-order chi connectivity index (χ0) is 24.7. The average molecular weight is 492 g/mol. The maximum atomic E-state index is 12.1. The van der Waals surface area contributed by atoms with Crippen molar-refractivity contribution in [3.05, 3.63) is 65.6 Å². The molecule has 1 amide bonds. The first-order valence-corrected chi connectivity index (χ1v) is 12.9. The van der Waals surface area contributed by atoms with Crippen LogP contribution in [0.4, 0.5) is 23.0 Å². The fourth-order valence-electron chi connectivity index (χ4n) is 4.18. The van der Waals surface area contributed by atoms with Gasteiger partial charge in [0.05, 0.1) is 24.0 Å². The van der Waals surface area contributed by atoms with Crippen molar-refractivity contribution in [3.63, 3.8) is 0 Å². The summed E-state index contributed by atoms with van der Waals surface area (Å²) in [5, 5.41) is 11.8. The highest BCUT2D eigenvalue weighted by Crippen LogP contribution is 2.29. The van der Waals surface area contributed by atoms with E-state index in [0.29, 0.717) is 31.0 Å². The van der Waals surface area contributed by atoms with Gasteiger partial charge in [0.15, 0.2) is 0 Å². The molecule has 0 atom stereocenters. The molecule has 1 aromatic carbocycles. The molecule has 3 aromatic heterocycles. The quantitative estimate of drug-likeness (QED) is 0.425. The first kappa shape index (κ1) is 22.8. The molecule has 0 aliphatic carbocycles. The largest absolute Gasteiger partial charge is 0.340 e. The number of hydrogen-bond acceptors (Lipinski definition) is 7. The second-order valence-corrected chi connectivity index (χ2v) is 10.6. The lowest BCUT2D eigenvalue weighted by molar-refractivity contribution is -0.116. The highest BCUT2D eigenvalue weighted by molar-refractivity contribution is 7.92. The monoisotopic (exact) mass is 491 g/mol. The van der Waals surface area contributed by atoms with E-state index in [0.717, 1.165) is 45.4 Å². The van der Waals surface area contributed by atoms with Gasteiger partial charge >= 0.3 is 0 Å². The molecule has 0 fully saturated rings. The summed E-state index contributed by atoms with van der Waals surface area (Å²) < 4.78 is 27.2. The smallest absolute Gasteiger partial charge is 0.233 e. The molecule has 35 heavy (non-hydrogen) atoms. The van der Waals surface area contributed by atoms with Gasteiger partial charge in [-0.2, -0.15) is 5.10 Å². The lowest BCUT2D eigenvalue weighted by Crippen LogP contribution is -2.27. The van der Waals surface area contributed by atoms with Crippen LogP contribution in [0.2, 0.25) is 0 Å². The first-order valence-electron chi connectivity index (χ1n) is 11.1. The molecule has 180 valence electrons.